The van der Waals surface area contributed by atoms with Gasteiger partial charge in [0.1, 0.15) is 16.9 Å². The number of methoxy groups -OCH3 is 1. The Bertz CT molecular complexity index is 670. The van der Waals surface area contributed by atoms with Crippen LogP contribution >= 0.6 is 0 Å². The number of fused-ring (bicyclic) bond motifs is 3. The number of nitrogens with two attached hydrogens (primary N) is 1. The van der Waals surface area contributed by atoms with E-state index in [4.69, 9.17) is 14.9 Å². The Morgan fingerprint density at radius 3 is 2.81 bits per heavy atom. The molecule has 0 unspecified atom stereocenters. The number of benzene rings is 2. The van der Waals surface area contributed by atoms with Crippen molar-refractivity contribution in [1.82, 2.24) is 0 Å². The number of furan rings is 1. The van der Waals surface area contributed by atoms with Gasteiger partial charge in [-0.15, -0.1) is 0 Å². The molecule has 0 fully saturated rings. The molecule has 1 aromatic heterocycles. The second kappa shape index (κ2) is 3.17. The average Bonchev–Trinajstić information content (AvgIpc) is 2.65. The van der Waals surface area contributed by atoms with E-state index in [2.05, 4.69) is 0 Å². The van der Waals surface area contributed by atoms with Crippen LogP contribution in [0.4, 0.5) is 5.69 Å². The lowest BCUT2D eigenvalue weighted by molar-refractivity contribution is 0.420. The second-order valence-corrected chi connectivity index (χ2v) is 3.69. The van der Waals surface area contributed by atoms with Crippen molar-refractivity contribution in [3.63, 3.8) is 0 Å². The number of hydrogen-bond donors (Lipinski definition) is 1. The molecule has 0 saturated carbocycles. The van der Waals surface area contributed by atoms with Crippen molar-refractivity contribution >= 4 is 27.6 Å². The highest BCUT2D eigenvalue weighted by molar-refractivity contribution is 6.08. The largest absolute Gasteiger partial charge is 0.496 e. The molecular formula is C13H11NO2. The van der Waals surface area contributed by atoms with Gasteiger partial charge in [-0.2, -0.15) is 0 Å². The van der Waals surface area contributed by atoms with Crippen LogP contribution in [0.25, 0.3) is 21.9 Å². The van der Waals surface area contributed by atoms with E-state index in [-0.39, 0.29) is 0 Å². The summed E-state index contributed by atoms with van der Waals surface area (Å²) in [7, 11) is 1.66. The van der Waals surface area contributed by atoms with E-state index in [9.17, 15) is 0 Å². The van der Waals surface area contributed by atoms with E-state index in [0.717, 1.165) is 27.7 Å². The summed E-state index contributed by atoms with van der Waals surface area (Å²) in [5, 5.41) is 2.03. The molecule has 3 rings (SSSR count). The van der Waals surface area contributed by atoms with E-state index in [1.54, 1.807) is 7.11 Å². The predicted octanol–water partition coefficient (Wildman–Crippen LogP) is 3.18. The maximum Gasteiger partial charge on any atom is 0.139 e. The Morgan fingerprint density at radius 2 is 2.00 bits per heavy atom. The van der Waals surface area contributed by atoms with Gasteiger partial charge in [0.05, 0.1) is 12.5 Å². The molecule has 80 valence electrons. The standard InChI is InChI=1S/C13H11NO2/c1-15-10-3-2-4-11-13(10)9-6-5-8(14)7-12(9)16-11/h2-7H,14H2,1H3. The second-order valence-electron chi connectivity index (χ2n) is 3.69. The van der Waals surface area contributed by atoms with E-state index in [1.807, 2.05) is 36.4 Å². The molecule has 2 N–H and O–H groups in total. The fraction of sp³-hybridized carbons (Fsp3) is 0.0769. The Morgan fingerprint density at radius 1 is 1.12 bits per heavy atom. The molecule has 2 aromatic carbocycles. The summed E-state index contributed by atoms with van der Waals surface area (Å²) >= 11 is 0. The molecular weight excluding hydrogens is 202 g/mol. The molecule has 1 heterocycles. The quantitative estimate of drug-likeness (QED) is 0.631. The van der Waals surface area contributed by atoms with E-state index in [0.29, 0.717) is 5.69 Å². The molecule has 0 atom stereocenters. The number of ether oxygens (including phenoxy) is 1. The van der Waals surface area contributed by atoms with Gasteiger partial charge in [0.25, 0.3) is 0 Å². The van der Waals surface area contributed by atoms with Crippen LogP contribution in [-0.2, 0) is 0 Å². The maximum atomic E-state index is 5.73. The van der Waals surface area contributed by atoms with Gasteiger partial charge in [-0.3, -0.25) is 0 Å². The summed E-state index contributed by atoms with van der Waals surface area (Å²) < 4.78 is 11.0. The zero-order valence-electron chi connectivity index (χ0n) is 8.86. The fourth-order valence-corrected chi connectivity index (χ4v) is 1.98. The molecule has 0 aliphatic carbocycles. The highest BCUT2D eigenvalue weighted by Gasteiger charge is 2.10. The van der Waals surface area contributed by atoms with Crippen LogP contribution in [0.5, 0.6) is 5.75 Å². The summed E-state index contributed by atoms with van der Waals surface area (Å²) in [5.74, 6) is 0.820. The third-order valence-electron chi connectivity index (χ3n) is 2.70. The van der Waals surface area contributed by atoms with Crippen molar-refractivity contribution in [2.75, 3.05) is 12.8 Å². The maximum absolute atomic E-state index is 5.73. The molecule has 0 amide bonds. The topological polar surface area (TPSA) is 48.4 Å². The summed E-state index contributed by atoms with van der Waals surface area (Å²) in [5.41, 5.74) is 8.04. The van der Waals surface area contributed by atoms with E-state index in [1.165, 1.54) is 0 Å². The number of rotatable bonds is 1. The highest BCUT2D eigenvalue weighted by Crippen LogP contribution is 2.35. The van der Waals surface area contributed by atoms with Gasteiger partial charge >= 0.3 is 0 Å². The van der Waals surface area contributed by atoms with Crippen LogP contribution in [0.2, 0.25) is 0 Å². The Hall–Kier alpha value is -2.16. The van der Waals surface area contributed by atoms with Gasteiger partial charge in [-0.25, -0.2) is 0 Å². The van der Waals surface area contributed by atoms with Gasteiger partial charge < -0.3 is 14.9 Å². The van der Waals surface area contributed by atoms with Gasteiger partial charge in [-0.1, -0.05) is 6.07 Å². The first-order valence-electron chi connectivity index (χ1n) is 5.04. The minimum atomic E-state index is 0.700. The average molecular weight is 213 g/mol. The first kappa shape index (κ1) is 9.09. The van der Waals surface area contributed by atoms with Crippen molar-refractivity contribution in [2.45, 2.75) is 0 Å². The smallest absolute Gasteiger partial charge is 0.139 e. The summed E-state index contributed by atoms with van der Waals surface area (Å²) in [6.45, 7) is 0. The third kappa shape index (κ3) is 1.15. The van der Waals surface area contributed by atoms with Crippen LogP contribution in [0.15, 0.2) is 40.8 Å². The molecule has 16 heavy (non-hydrogen) atoms. The van der Waals surface area contributed by atoms with Crippen molar-refractivity contribution in [3.8, 4) is 5.75 Å². The lowest BCUT2D eigenvalue weighted by Gasteiger charge is -2.00. The number of anilines is 1. The molecule has 0 radical (unpaired) electrons. The molecule has 3 heteroatoms. The normalized spacial score (nSPS) is 11.1. The number of nitrogen functional groups attached to an aromatic ring is 1. The Labute approximate surface area is 92.4 Å². The summed E-state index contributed by atoms with van der Waals surface area (Å²) in [4.78, 5) is 0. The monoisotopic (exact) mass is 213 g/mol. The fourth-order valence-electron chi connectivity index (χ4n) is 1.98. The van der Waals surface area contributed by atoms with Gasteiger partial charge in [0.2, 0.25) is 0 Å². The zero-order chi connectivity index (χ0) is 11.1. The van der Waals surface area contributed by atoms with Gasteiger partial charge in [-0.05, 0) is 24.3 Å². The van der Waals surface area contributed by atoms with Gasteiger partial charge in [0.15, 0.2) is 0 Å². The summed E-state index contributed by atoms with van der Waals surface area (Å²) in [6, 6.07) is 11.4. The van der Waals surface area contributed by atoms with Crippen molar-refractivity contribution in [2.24, 2.45) is 0 Å². The van der Waals surface area contributed by atoms with Gasteiger partial charge in [0, 0.05) is 17.1 Å². The van der Waals surface area contributed by atoms with Crippen molar-refractivity contribution in [3.05, 3.63) is 36.4 Å². The lowest BCUT2D eigenvalue weighted by Crippen LogP contribution is -1.83. The molecule has 0 bridgehead atoms. The SMILES string of the molecule is COc1cccc2oc3cc(N)ccc3c12. The first-order valence-corrected chi connectivity index (χ1v) is 5.04. The Kier molecular flexibility index (Phi) is 1.80. The summed E-state index contributed by atoms with van der Waals surface area (Å²) in [6.07, 6.45) is 0. The lowest BCUT2D eigenvalue weighted by atomic mass is 10.1. The first-order chi connectivity index (χ1) is 7.79. The Balaban J connectivity index is 2.52. The van der Waals surface area contributed by atoms with Crippen LogP contribution < -0.4 is 10.5 Å². The predicted molar refractivity (Wildman–Crippen MR) is 64.7 cm³/mol. The van der Waals surface area contributed by atoms with Crippen molar-refractivity contribution < 1.29 is 9.15 Å². The minimum Gasteiger partial charge on any atom is -0.496 e. The van der Waals surface area contributed by atoms with E-state index < -0.39 is 0 Å². The van der Waals surface area contributed by atoms with Crippen molar-refractivity contribution in [1.29, 1.82) is 0 Å². The molecule has 3 aromatic rings. The van der Waals surface area contributed by atoms with Crippen LogP contribution in [0, 0.1) is 0 Å². The van der Waals surface area contributed by atoms with E-state index >= 15 is 0 Å². The molecule has 0 aliphatic heterocycles. The molecule has 3 nitrogen and oxygen atoms in total. The molecule has 0 saturated heterocycles. The van der Waals surface area contributed by atoms with Crippen LogP contribution in [0.1, 0.15) is 0 Å². The highest BCUT2D eigenvalue weighted by atomic mass is 16.5. The number of hydrogen-bond acceptors (Lipinski definition) is 3. The minimum absolute atomic E-state index is 0.700. The zero-order valence-corrected chi connectivity index (χ0v) is 8.86. The molecule has 0 spiro atoms. The molecule has 0 aliphatic rings. The van der Waals surface area contributed by atoms with Crippen LogP contribution in [-0.4, -0.2) is 7.11 Å². The van der Waals surface area contributed by atoms with Crippen LogP contribution in [0.3, 0.4) is 0 Å². The third-order valence-corrected chi connectivity index (χ3v) is 2.70.